The van der Waals surface area contributed by atoms with E-state index < -0.39 is 6.29 Å². The number of carbonyl (C=O) groups excluding carboxylic acids is 2. The molecule has 0 aliphatic rings. The Labute approximate surface area is 169 Å². The monoisotopic (exact) mass is 404 g/mol. The fourth-order valence-corrected chi connectivity index (χ4v) is 2.23. The highest BCUT2D eigenvalue weighted by Gasteiger charge is 2.24. The summed E-state index contributed by atoms with van der Waals surface area (Å²) in [7, 11) is 0. The summed E-state index contributed by atoms with van der Waals surface area (Å²) in [5.74, 6) is 0.137. The van der Waals surface area contributed by atoms with Crippen molar-refractivity contribution in [1.29, 1.82) is 0 Å². The van der Waals surface area contributed by atoms with Gasteiger partial charge in [-0.25, -0.2) is 9.78 Å². The molecular weight excluding hydrogens is 364 g/mol. The van der Waals surface area contributed by atoms with E-state index in [9.17, 15) is 9.59 Å². The molecule has 0 aliphatic heterocycles. The van der Waals surface area contributed by atoms with Crippen LogP contribution < -0.4 is 10.6 Å². The Morgan fingerprint density at radius 3 is 2.11 bits per heavy atom. The van der Waals surface area contributed by atoms with Gasteiger partial charge in [-0.3, -0.25) is 9.59 Å². The Morgan fingerprint density at radius 1 is 0.893 bits per heavy atom. The van der Waals surface area contributed by atoms with Gasteiger partial charge < -0.3 is 20.8 Å². The SMILES string of the molecule is CCC(C)(C)C(=O)NCCCCCNC(=O)CCCCOOCCCC(O)O. The summed E-state index contributed by atoms with van der Waals surface area (Å²) in [4.78, 5) is 33.5. The van der Waals surface area contributed by atoms with Gasteiger partial charge in [0.2, 0.25) is 11.8 Å². The van der Waals surface area contributed by atoms with Crippen molar-refractivity contribution in [3.8, 4) is 0 Å². The number of hydrogen-bond donors (Lipinski definition) is 4. The average molecular weight is 405 g/mol. The molecule has 0 heterocycles. The zero-order valence-electron chi connectivity index (χ0n) is 17.8. The van der Waals surface area contributed by atoms with Crippen LogP contribution in [0, 0.1) is 5.41 Å². The molecule has 4 N–H and O–H groups in total. The number of aliphatic hydroxyl groups excluding tert-OH is 1. The van der Waals surface area contributed by atoms with Gasteiger partial charge in [0.25, 0.3) is 0 Å². The van der Waals surface area contributed by atoms with Gasteiger partial charge in [0.05, 0.1) is 13.2 Å². The predicted octanol–water partition coefficient (Wildman–Crippen LogP) is 2.03. The first-order valence-corrected chi connectivity index (χ1v) is 10.4. The fraction of sp³-hybridized carbons (Fsp3) is 0.900. The molecule has 0 fully saturated rings. The second kappa shape index (κ2) is 16.7. The van der Waals surface area contributed by atoms with E-state index in [0.717, 1.165) is 38.5 Å². The van der Waals surface area contributed by atoms with Crippen LogP contribution in [0.5, 0.6) is 0 Å². The van der Waals surface area contributed by atoms with Gasteiger partial charge in [0.1, 0.15) is 0 Å². The number of hydrogen-bond acceptors (Lipinski definition) is 6. The number of carbonyl (C=O) groups is 2. The van der Waals surface area contributed by atoms with Crippen molar-refractivity contribution in [1.82, 2.24) is 10.6 Å². The molecule has 0 saturated carbocycles. The predicted molar refractivity (Wildman–Crippen MR) is 107 cm³/mol. The minimum atomic E-state index is -1.30. The van der Waals surface area contributed by atoms with Crippen molar-refractivity contribution >= 4 is 11.8 Å². The lowest BCUT2D eigenvalue weighted by atomic mass is 9.89. The van der Waals surface area contributed by atoms with E-state index in [4.69, 9.17) is 20.0 Å². The zero-order chi connectivity index (χ0) is 21.3. The highest BCUT2D eigenvalue weighted by Crippen LogP contribution is 2.19. The van der Waals surface area contributed by atoms with Crippen LogP contribution in [0.15, 0.2) is 0 Å². The van der Waals surface area contributed by atoms with E-state index >= 15 is 0 Å². The van der Waals surface area contributed by atoms with Gasteiger partial charge in [0.15, 0.2) is 6.29 Å². The average Bonchev–Trinajstić information content (AvgIpc) is 2.65. The molecule has 0 unspecified atom stereocenters. The van der Waals surface area contributed by atoms with Crippen molar-refractivity contribution < 1.29 is 29.6 Å². The summed E-state index contributed by atoms with van der Waals surface area (Å²) < 4.78 is 0. The Bertz CT molecular complexity index is 416. The van der Waals surface area contributed by atoms with E-state index in [1.54, 1.807) is 0 Å². The summed E-state index contributed by atoms with van der Waals surface area (Å²) in [6.07, 6.45) is 4.98. The highest BCUT2D eigenvalue weighted by atomic mass is 17.2. The summed E-state index contributed by atoms with van der Waals surface area (Å²) >= 11 is 0. The molecule has 8 heteroatoms. The normalized spacial score (nSPS) is 11.6. The Hall–Kier alpha value is -1.22. The molecule has 0 aliphatic carbocycles. The summed E-state index contributed by atoms with van der Waals surface area (Å²) in [5, 5.41) is 23.2. The molecule has 0 spiro atoms. The van der Waals surface area contributed by atoms with Crippen LogP contribution in [0.25, 0.3) is 0 Å². The Morgan fingerprint density at radius 2 is 1.50 bits per heavy atom. The minimum absolute atomic E-state index is 0.0378. The van der Waals surface area contributed by atoms with Crippen molar-refractivity contribution in [2.24, 2.45) is 5.41 Å². The molecule has 8 nitrogen and oxygen atoms in total. The molecule has 0 atom stereocenters. The Balaban J connectivity index is 3.37. The van der Waals surface area contributed by atoms with Gasteiger partial charge in [0, 0.05) is 31.3 Å². The molecule has 2 amide bonds. The number of aliphatic hydroxyl groups is 2. The van der Waals surface area contributed by atoms with Crippen molar-refractivity contribution in [3.05, 3.63) is 0 Å². The van der Waals surface area contributed by atoms with Crippen LogP contribution in [-0.2, 0) is 19.4 Å². The van der Waals surface area contributed by atoms with E-state index in [1.807, 2.05) is 20.8 Å². The van der Waals surface area contributed by atoms with Gasteiger partial charge in [-0.1, -0.05) is 20.8 Å². The topological polar surface area (TPSA) is 117 Å². The molecule has 28 heavy (non-hydrogen) atoms. The van der Waals surface area contributed by atoms with Crippen molar-refractivity contribution in [2.45, 2.75) is 84.8 Å². The van der Waals surface area contributed by atoms with Gasteiger partial charge >= 0.3 is 0 Å². The van der Waals surface area contributed by atoms with E-state index in [2.05, 4.69) is 10.6 Å². The lowest BCUT2D eigenvalue weighted by Crippen LogP contribution is -2.37. The quantitative estimate of drug-likeness (QED) is 0.120. The summed E-state index contributed by atoms with van der Waals surface area (Å²) in [6.45, 7) is 7.97. The third-order valence-electron chi connectivity index (χ3n) is 4.61. The van der Waals surface area contributed by atoms with Crippen LogP contribution >= 0.6 is 0 Å². The first-order chi connectivity index (χ1) is 13.3. The smallest absolute Gasteiger partial charge is 0.225 e. The molecular formula is C20H40N2O6. The minimum Gasteiger partial charge on any atom is -0.368 e. The molecule has 0 rings (SSSR count). The Kier molecular flexibility index (Phi) is 16.0. The first kappa shape index (κ1) is 26.8. The maximum absolute atomic E-state index is 11.9. The van der Waals surface area contributed by atoms with Crippen molar-refractivity contribution in [2.75, 3.05) is 26.3 Å². The maximum atomic E-state index is 11.9. The van der Waals surface area contributed by atoms with Gasteiger partial charge in [-0.2, -0.15) is 0 Å². The van der Waals surface area contributed by atoms with Crippen LogP contribution in [0.1, 0.15) is 78.6 Å². The van der Waals surface area contributed by atoms with Crippen molar-refractivity contribution in [3.63, 3.8) is 0 Å². The lowest BCUT2D eigenvalue weighted by Gasteiger charge is -2.21. The summed E-state index contributed by atoms with van der Waals surface area (Å²) in [6, 6.07) is 0. The van der Waals surface area contributed by atoms with Crippen LogP contribution in [0.3, 0.4) is 0 Å². The van der Waals surface area contributed by atoms with E-state index in [0.29, 0.717) is 39.1 Å². The van der Waals surface area contributed by atoms with Crippen LogP contribution in [0.2, 0.25) is 0 Å². The highest BCUT2D eigenvalue weighted by molar-refractivity contribution is 5.81. The summed E-state index contributed by atoms with van der Waals surface area (Å²) in [5.41, 5.74) is -0.311. The van der Waals surface area contributed by atoms with E-state index in [1.165, 1.54) is 0 Å². The molecule has 0 radical (unpaired) electrons. The largest absolute Gasteiger partial charge is 0.368 e. The molecule has 0 saturated heterocycles. The number of unbranched alkanes of at least 4 members (excludes halogenated alkanes) is 3. The van der Waals surface area contributed by atoms with Gasteiger partial charge in [-0.15, -0.1) is 0 Å². The number of nitrogens with one attached hydrogen (secondary N) is 2. The fourth-order valence-electron chi connectivity index (χ4n) is 2.23. The van der Waals surface area contributed by atoms with Crippen LogP contribution in [0.4, 0.5) is 0 Å². The van der Waals surface area contributed by atoms with Gasteiger partial charge in [-0.05, 0) is 44.9 Å². The molecule has 0 bridgehead atoms. The second-order valence-corrected chi connectivity index (χ2v) is 7.63. The molecule has 0 aromatic heterocycles. The number of amides is 2. The van der Waals surface area contributed by atoms with Crippen LogP contribution in [-0.4, -0.2) is 54.6 Å². The number of rotatable bonds is 18. The zero-order valence-corrected chi connectivity index (χ0v) is 17.8. The third-order valence-corrected chi connectivity index (χ3v) is 4.61. The lowest BCUT2D eigenvalue weighted by molar-refractivity contribution is -0.296. The first-order valence-electron chi connectivity index (χ1n) is 10.4. The third kappa shape index (κ3) is 15.8. The second-order valence-electron chi connectivity index (χ2n) is 7.63. The molecule has 0 aromatic carbocycles. The maximum Gasteiger partial charge on any atom is 0.225 e. The molecule has 166 valence electrons. The van der Waals surface area contributed by atoms with E-state index in [-0.39, 0.29) is 23.7 Å². The standard InChI is InChI=1S/C20H40N2O6/c1-4-20(2,3)19(26)22-14-8-5-7-13-21-17(23)11-6-9-15-27-28-16-10-12-18(24)25/h18,24-25H,4-16H2,1-3H3,(H,21,23)(H,22,26). The molecule has 0 aromatic rings.